The van der Waals surface area contributed by atoms with Gasteiger partial charge in [-0.05, 0) is 37.3 Å². The zero-order chi connectivity index (χ0) is 16.8. The van der Waals surface area contributed by atoms with Gasteiger partial charge < -0.3 is 15.2 Å². The molecule has 1 atom stereocenters. The van der Waals surface area contributed by atoms with Gasteiger partial charge in [0.25, 0.3) is 0 Å². The summed E-state index contributed by atoms with van der Waals surface area (Å²) >= 11 is 0. The number of fused-ring (bicyclic) bond motifs is 3. The molecule has 2 fully saturated rings. The summed E-state index contributed by atoms with van der Waals surface area (Å²) in [7, 11) is 0. The molecule has 0 bridgehead atoms. The van der Waals surface area contributed by atoms with Gasteiger partial charge >= 0.3 is 0 Å². The molecule has 1 aliphatic carbocycles. The maximum absolute atomic E-state index is 12.1. The van der Waals surface area contributed by atoms with E-state index in [9.17, 15) is 4.79 Å². The minimum Gasteiger partial charge on any atom is -0.369 e. The number of H-pyrrole nitrogens is 1. The van der Waals surface area contributed by atoms with E-state index in [-0.39, 0.29) is 11.9 Å². The van der Waals surface area contributed by atoms with Crippen molar-refractivity contribution >= 4 is 33.5 Å². The van der Waals surface area contributed by atoms with Crippen LogP contribution < -0.4 is 10.2 Å². The molecule has 4 heterocycles. The number of hydrogen-bond acceptors (Lipinski definition) is 4. The van der Waals surface area contributed by atoms with Crippen LogP contribution in [0.15, 0.2) is 30.7 Å². The summed E-state index contributed by atoms with van der Waals surface area (Å²) in [6, 6.07) is 4.37. The van der Waals surface area contributed by atoms with E-state index in [0.29, 0.717) is 12.3 Å². The lowest BCUT2D eigenvalue weighted by molar-refractivity contribution is -0.122. The van der Waals surface area contributed by atoms with Gasteiger partial charge in [-0.1, -0.05) is 0 Å². The molecule has 2 N–H and O–H groups in total. The summed E-state index contributed by atoms with van der Waals surface area (Å²) in [6.07, 6.45) is 9.73. The van der Waals surface area contributed by atoms with E-state index < -0.39 is 0 Å². The Morgan fingerprint density at radius 2 is 2.20 bits per heavy atom. The Morgan fingerprint density at radius 1 is 1.28 bits per heavy atom. The molecule has 6 heteroatoms. The maximum Gasteiger partial charge on any atom is 0.220 e. The zero-order valence-electron chi connectivity index (χ0n) is 14.0. The van der Waals surface area contributed by atoms with Crippen LogP contribution in [0.1, 0.15) is 25.7 Å². The predicted octanol–water partition coefficient (Wildman–Crippen LogP) is 2.61. The van der Waals surface area contributed by atoms with Gasteiger partial charge in [0.05, 0.1) is 11.7 Å². The van der Waals surface area contributed by atoms with Crippen molar-refractivity contribution in [2.24, 2.45) is 5.92 Å². The van der Waals surface area contributed by atoms with Gasteiger partial charge in [0.1, 0.15) is 0 Å². The highest BCUT2D eigenvalue weighted by atomic mass is 16.1. The molecule has 0 radical (unpaired) electrons. The van der Waals surface area contributed by atoms with Gasteiger partial charge in [-0.25, -0.2) is 9.97 Å². The molecule has 3 aromatic rings. The zero-order valence-corrected chi connectivity index (χ0v) is 14.0. The van der Waals surface area contributed by atoms with Gasteiger partial charge in [-0.2, -0.15) is 0 Å². The number of aromatic nitrogens is 3. The summed E-state index contributed by atoms with van der Waals surface area (Å²) < 4.78 is 0. The molecule has 0 spiro atoms. The number of rotatable bonds is 4. The molecule has 128 valence electrons. The third-order valence-corrected chi connectivity index (χ3v) is 5.33. The highest BCUT2D eigenvalue weighted by Gasteiger charge is 2.29. The van der Waals surface area contributed by atoms with Crippen LogP contribution in [0.2, 0.25) is 0 Å². The SMILES string of the molecule is O=C(CC1CC1)NC1CCN(c2cc[nH]c3cnc4nccc4c23)C1. The van der Waals surface area contributed by atoms with Crippen LogP contribution in [0.4, 0.5) is 5.69 Å². The van der Waals surface area contributed by atoms with Gasteiger partial charge in [0.15, 0.2) is 5.65 Å². The van der Waals surface area contributed by atoms with E-state index in [1.807, 2.05) is 18.5 Å². The summed E-state index contributed by atoms with van der Waals surface area (Å²) in [5, 5.41) is 5.45. The number of carbonyl (C=O) groups excluding carboxylic acids is 1. The number of amides is 1. The second kappa shape index (κ2) is 5.72. The Hall–Kier alpha value is -2.63. The molecule has 1 saturated carbocycles. The lowest BCUT2D eigenvalue weighted by atomic mass is 10.1. The Balaban J connectivity index is 1.41. The molecule has 1 saturated heterocycles. The van der Waals surface area contributed by atoms with Crippen LogP contribution >= 0.6 is 0 Å². The average Bonchev–Trinajstić information content (AvgIpc) is 3.11. The molecule has 1 amide bonds. The summed E-state index contributed by atoms with van der Waals surface area (Å²) in [6.45, 7) is 1.80. The molecule has 2 aliphatic rings. The van der Waals surface area contributed by atoms with Crippen molar-refractivity contribution in [3.8, 4) is 0 Å². The summed E-state index contributed by atoms with van der Waals surface area (Å²) in [4.78, 5) is 26.5. The normalized spacial score (nSPS) is 20.5. The highest BCUT2D eigenvalue weighted by molar-refractivity contribution is 6.10. The van der Waals surface area contributed by atoms with Crippen LogP contribution in [-0.4, -0.2) is 40.0 Å². The smallest absolute Gasteiger partial charge is 0.220 e. The lowest BCUT2D eigenvalue weighted by Gasteiger charge is -2.21. The minimum atomic E-state index is 0.215. The predicted molar refractivity (Wildman–Crippen MR) is 97.5 cm³/mol. The van der Waals surface area contributed by atoms with Crippen molar-refractivity contribution in [1.82, 2.24) is 20.3 Å². The summed E-state index contributed by atoms with van der Waals surface area (Å²) in [5.41, 5.74) is 2.98. The minimum absolute atomic E-state index is 0.215. The van der Waals surface area contributed by atoms with Crippen molar-refractivity contribution in [3.05, 3.63) is 30.7 Å². The Kier molecular flexibility index (Phi) is 3.36. The molecule has 3 aromatic heterocycles. The Morgan fingerprint density at radius 3 is 3.08 bits per heavy atom. The van der Waals surface area contributed by atoms with Crippen LogP contribution in [0.5, 0.6) is 0 Å². The van der Waals surface area contributed by atoms with Gasteiger partial charge in [-0.15, -0.1) is 0 Å². The highest BCUT2D eigenvalue weighted by Crippen LogP contribution is 2.34. The van der Waals surface area contributed by atoms with E-state index in [1.54, 1.807) is 6.20 Å². The first-order valence-electron chi connectivity index (χ1n) is 9.03. The third-order valence-electron chi connectivity index (χ3n) is 5.33. The number of nitrogens with one attached hydrogen (secondary N) is 2. The van der Waals surface area contributed by atoms with E-state index in [4.69, 9.17) is 0 Å². The number of pyridine rings is 2. The number of aromatic amines is 1. The topological polar surface area (TPSA) is 73.9 Å². The first kappa shape index (κ1) is 14.7. The van der Waals surface area contributed by atoms with E-state index in [0.717, 1.165) is 41.4 Å². The summed E-state index contributed by atoms with van der Waals surface area (Å²) in [5.74, 6) is 0.851. The molecule has 6 nitrogen and oxygen atoms in total. The molecule has 5 rings (SSSR count). The van der Waals surface area contributed by atoms with Crippen molar-refractivity contribution < 1.29 is 4.79 Å². The number of anilines is 1. The van der Waals surface area contributed by atoms with Crippen LogP contribution in [0.25, 0.3) is 21.9 Å². The quantitative estimate of drug-likeness (QED) is 0.769. The molecule has 1 unspecified atom stereocenters. The van der Waals surface area contributed by atoms with Crippen molar-refractivity contribution in [2.75, 3.05) is 18.0 Å². The van der Waals surface area contributed by atoms with Gasteiger partial charge in [0.2, 0.25) is 5.91 Å². The molecular weight excluding hydrogens is 314 g/mol. The molecule has 1 aliphatic heterocycles. The fraction of sp³-hybridized carbons (Fsp3) is 0.421. The number of carbonyl (C=O) groups is 1. The second-order valence-corrected chi connectivity index (χ2v) is 7.24. The lowest BCUT2D eigenvalue weighted by Crippen LogP contribution is -2.37. The second-order valence-electron chi connectivity index (χ2n) is 7.24. The maximum atomic E-state index is 12.1. The standard InChI is InChI=1S/C19H21N5O/c25-17(9-12-1-2-12)23-13-5-8-24(11-13)16-4-7-20-15-10-22-19-14(18(15)16)3-6-21-19/h3-4,6-7,10,12-13,20H,1-2,5,8-9,11H2,(H,23,25). The van der Waals surface area contributed by atoms with Crippen LogP contribution in [0, 0.1) is 5.92 Å². The van der Waals surface area contributed by atoms with Crippen molar-refractivity contribution in [3.63, 3.8) is 0 Å². The van der Waals surface area contributed by atoms with Crippen molar-refractivity contribution in [1.29, 1.82) is 0 Å². The molecule has 0 aromatic carbocycles. The fourth-order valence-corrected chi connectivity index (χ4v) is 3.87. The van der Waals surface area contributed by atoms with Crippen LogP contribution in [-0.2, 0) is 4.79 Å². The largest absolute Gasteiger partial charge is 0.369 e. The third kappa shape index (κ3) is 2.71. The van der Waals surface area contributed by atoms with E-state index in [2.05, 4.69) is 31.2 Å². The number of hydrogen-bond donors (Lipinski definition) is 2. The number of nitrogens with zero attached hydrogens (tertiary/aromatic N) is 3. The van der Waals surface area contributed by atoms with E-state index >= 15 is 0 Å². The first-order chi connectivity index (χ1) is 12.3. The monoisotopic (exact) mass is 335 g/mol. The molecule has 25 heavy (non-hydrogen) atoms. The first-order valence-corrected chi connectivity index (χ1v) is 9.03. The van der Waals surface area contributed by atoms with Crippen molar-refractivity contribution in [2.45, 2.75) is 31.7 Å². The Bertz CT molecular complexity index is 945. The van der Waals surface area contributed by atoms with Gasteiger partial charge in [-0.3, -0.25) is 4.79 Å². The molecular formula is C19H21N5O. The fourth-order valence-electron chi connectivity index (χ4n) is 3.87. The van der Waals surface area contributed by atoms with Gasteiger partial charge in [0, 0.05) is 54.4 Å². The Labute approximate surface area is 145 Å². The average molecular weight is 335 g/mol. The van der Waals surface area contributed by atoms with Crippen LogP contribution in [0.3, 0.4) is 0 Å². The van der Waals surface area contributed by atoms with E-state index in [1.165, 1.54) is 18.5 Å².